The van der Waals surface area contributed by atoms with Crippen molar-refractivity contribution in [1.82, 2.24) is 0 Å². The number of nitro groups is 1. The zero-order chi connectivity index (χ0) is 12.0. The van der Waals surface area contributed by atoms with Crippen molar-refractivity contribution in [3.05, 3.63) is 63.9 Å². The highest BCUT2D eigenvalue weighted by Crippen LogP contribution is 2.03. The van der Waals surface area contributed by atoms with E-state index in [1.165, 1.54) is 19.1 Å². The lowest BCUT2D eigenvalue weighted by Gasteiger charge is -1.91. The minimum Gasteiger partial charge on any atom is -0.288 e. The van der Waals surface area contributed by atoms with E-state index < -0.39 is 16.4 Å². The average molecular weight is 217 g/mol. The molecule has 0 N–H and O–H groups in total. The van der Waals surface area contributed by atoms with Gasteiger partial charge in [-0.15, -0.1) is 0 Å². The fraction of sp³-hybridized carbons (Fsp3) is 0.0833. The number of nitrogens with zero attached hydrogens (tertiary/aromatic N) is 1. The van der Waals surface area contributed by atoms with Crippen molar-refractivity contribution in [1.29, 1.82) is 0 Å². The maximum absolute atomic E-state index is 10.9. The predicted molar refractivity (Wildman–Crippen MR) is 61.2 cm³/mol. The lowest BCUT2D eigenvalue weighted by molar-refractivity contribution is -0.418. The Bertz CT molecular complexity index is 431. The van der Waals surface area contributed by atoms with Gasteiger partial charge < -0.3 is 0 Å². The SMILES string of the molecule is CC(=O)/C(=C/C=C/c1ccccc1)[N+](=O)[O-]. The molecule has 4 nitrogen and oxygen atoms in total. The van der Waals surface area contributed by atoms with E-state index in [0.29, 0.717) is 0 Å². The second-order valence-electron chi connectivity index (χ2n) is 3.14. The first-order valence-corrected chi connectivity index (χ1v) is 4.70. The van der Waals surface area contributed by atoms with E-state index in [-0.39, 0.29) is 0 Å². The van der Waals surface area contributed by atoms with Gasteiger partial charge in [-0.05, 0) is 5.56 Å². The van der Waals surface area contributed by atoms with Crippen LogP contribution >= 0.6 is 0 Å². The minimum absolute atomic E-state index is 0.410. The van der Waals surface area contributed by atoms with Gasteiger partial charge in [-0.25, -0.2) is 0 Å². The van der Waals surface area contributed by atoms with Gasteiger partial charge in [-0.2, -0.15) is 0 Å². The fourth-order valence-corrected chi connectivity index (χ4v) is 1.12. The molecule has 0 aliphatic heterocycles. The van der Waals surface area contributed by atoms with Crippen molar-refractivity contribution in [2.75, 3.05) is 0 Å². The van der Waals surface area contributed by atoms with E-state index in [9.17, 15) is 14.9 Å². The van der Waals surface area contributed by atoms with Crippen LogP contribution in [-0.4, -0.2) is 10.7 Å². The van der Waals surface area contributed by atoms with Gasteiger partial charge in [0.05, 0.1) is 4.92 Å². The van der Waals surface area contributed by atoms with Crippen molar-refractivity contribution in [2.24, 2.45) is 0 Å². The Morgan fingerprint density at radius 3 is 2.44 bits per heavy atom. The van der Waals surface area contributed by atoms with Crippen LogP contribution in [0.15, 0.2) is 48.2 Å². The number of Topliss-reactive ketones (excluding diaryl/α,β-unsaturated/α-hetero) is 1. The molecule has 1 aromatic rings. The van der Waals surface area contributed by atoms with Gasteiger partial charge in [-0.3, -0.25) is 14.9 Å². The molecule has 0 bridgehead atoms. The van der Waals surface area contributed by atoms with Gasteiger partial charge in [0.15, 0.2) is 0 Å². The Morgan fingerprint density at radius 2 is 1.94 bits per heavy atom. The van der Waals surface area contributed by atoms with E-state index >= 15 is 0 Å². The quantitative estimate of drug-likeness (QED) is 0.337. The maximum Gasteiger partial charge on any atom is 0.311 e. The summed E-state index contributed by atoms with van der Waals surface area (Å²) in [6, 6.07) is 9.34. The van der Waals surface area contributed by atoms with E-state index in [1.807, 2.05) is 30.3 Å². The summed E-state index contributed by atoms with van der Waals surface area (Å²) >= 11 is 0. The molecule has 0 aromatic heterocycles. The van der Waals surface area contributed by atoms with E-state index in [0.717, 1.165) is 5.56 Å². The zero-order valence-electron chi connectivity index (χ0n) is 8.79. The maximum atomic E-state index is 10.9. The Morgan fingerprint density at radius 1 is 1.31 bits per heavy atom. The molecule has 16 heavy (non-hydrogen) atoms. The molecule has 0 fully saturated rings. The molecule has 0 unspecified atom stereocenters. The van der Waals surface area contributed by atoms with E-state index in [2.05, 4.69) is 0 Å². The highest BCUT2D eigenvalue weighted by Gasteiger charge is 2.14. The monoisotopic (exact) mass is 217 g/mol. The highest BCUT2D eigenvalue weighted by molar-refractivity contribution is 5.91. The van der Waals surface area contributed by atoms with Crippen LogP contribution in [-0.2, 0) is 4.79 Å². The standard InChI is InChI=1S/C12H11NO3/c1-10(14)12(13(15)16)9-5-8-11-6-3-2-4-7-11/h2-9H,1H3/b8-5+,12-9-. The van der Waals surface area contributed by atoms with Crippen LogP contribution in [0.2, 0.25) is 0 Å². The van der Waals surface area contributed by atoms with Crippen LogP contribution < -0.4 is 0 Å². The lowest BCUT2D eigenvalue weighted by atomic mass is 10.2. The lowest BCUT2D eigenvalue weighted by Crippen LogP contribution is -2.06. The molecule has 0 radical (unpaired) electrons. The first kappa shape index (κ1) is 11.8. The Labute approximate surface area is 93.1 Å². The summed E-state index contributed by atoms with van der Waals surface area (Å²) in [5.41, 5.74) is 0.511. The van der Waals surface area contributed by atoms with Gasteiger partial charge >= 0.3 is 5.70 Å². The predicted octanol–water partition coefficient (Wildman–Crippen LogP) is 2.45. The van der Waals surface area contributed by atoms with Crippen LogP contribution in [0, 0.1) is 10.1 Å². The molecule has 1 aromatic carbocycles. The third-order valence-electron chi connectivity index (χ3n) is 1.90. The molecule has 0 aliphatic carbocycles. The van der Waals surface area contributed by atoms with Crippen LogP contribution in [0.1, 0.15) is 12.5 Å². The Kier molecular flexibility index (Phi) is 4.15. The molecule has 82 valence electrons. The summed E-state index contributed by atoms with van der Waals surface area (Å²) in [6.07, 6.45) is 4.40. The molecule has 0 amide bonds. The largest absolute Gasteiger partial charge is 0.311 e. The molecule has 0 saturated heterocycles. The summed E-state index contributed by atoms with van der Waals surface area (Å²) in [6.45, 7) is 1.17. The second-order valence-corrected chi connectivity index (χ2v) is 3.14. The summed E-state index contributed by atoms with van der Waals surface area (Å²) in [7, 11) is 0. The van der Waals surface area contributed by atoms with Gasteiger partial charge in [-0.1, -0.05) is 42.5 Å². The second kappa shape index (κ2) is 5.60. The van der Waals surface area contributed by atoms with Crippen LogP contribution in [0.3, 0.4) is 0 Å². The van der Waals surface area contributed by atoms with Crippen molar-refractivity contribution < 1.29 is 9.72 Å². The topological polar surface area (TPSA) is 60.2 Å². The molecule has 0 spiro atoms. The molecule has 0 aliphatic rings. The first-order chi connectivity index (χ1) is 7.61. The van der Waals surface area contributed by atoms with Crippen molar-refractivity contribution >= 4 is 11.9 Å². The van der Waals surface area contributed by atoms with Gasteiger partial charge in [0.1, 0.15) is 0 Å². The van der Waals surface area contributed by atoms with E-state index in [1.54, 1.807) is 6.08 Å². The smallest absolute Gasteiger partial charge is 0.288 e. The third-order valence-corrected chi connectivity index (χ3v) is 1.90. The van der Waals surface area contributed by atoms with Crippen LogP contribution in [0.4, 0.5) is 0 Å². The Hall–Kier alpha value is -2.23. The highest BCUT2D eigenvalue weighted by atomic mass is 16.6. The number of rotatable bonds is 4. The Balaban J connectivity index is 2.82. The molecule has 1 rings (SSSR count). The summed E-state index contributed by atoms with van der Waals surface area (Å²) in [5.74, 6) is -0.553. The average Bonchev–Trinajstić information content (AvgIpc) is 2.24. The van der Waals surface area contributed by atoms with Gasteiger partial charge in [0.25, 0.3) is 0 Å². The van der Waals surface area contributed by atoms with Crippen molar-refractivity contribution in [3.63, 3.8) is 0 Å². The van der Waals surface area contributed by atoms with Gasteiger partial charge in [0, 0.05) is 13.0 Å². The van der Waals surface area contributed by atoms with Crippen LogP contribution in [0.5, 0.6) is 0 Å². The number of carbonyl (C=O) groups excluding carboxylic acids is 1. The minimum atomic E-state index is -0.683. The molecule has 0 saturated carbocycles. The molecule has 0 heterocycles. The number of allylic oxidation sites excluding steroid dienone is 3. The first-order valence-electron chi connectivity index (χ1n) is 4.70. The third kappa shape index (κ3) is 3.49. The summed E-state index contributed by atoms with van der Waals surface area (Å²) < 4.78 is 0. The molecular formula is C12H11NO3. The fourth-order valence-electron chi connectivity index (χ4n) is 1.12. The molecule has 4 heteroatoms. The van der Waals surface area contributed by atoms with Crippen molar-refractivity contribution in [3.8, 4) is 0 Å². The summed E-state index contributed by atoms with van der Waals surface area (Å²) in [4.78, 5) is 20.7. The number of ketones is 1. The number of carbonyl (C=O) groups is 1. The number of benzene rings is 1. The number of hydrogen-bond donors (Lipinski definition) is 0. The van der Waals surface area contributed by atoms with Crippen LogP contribution in [0.25, 0.3) is 6.08 Å². The number of hydrogen-bond acceptors (Lipinski definition) is 3. The zero-order valence-corrected chi connectivity index (χ0v) is 8.79. The molecule has 0 atom stereocenters. The van der Waals surface area contributed by atoms with Gasteiger partial charge in [0.2, 0.25) is 5.78 Å². The van der Waals surface area contributed by atoms with Crippen molar-refractivity contribution in [2.45, 2.75) is 6.92 Å². The molecular weight excluding hydrogens is 206 g/mol. The summed E-state index contributed by atoms with van der Waals surface area (Å²) in [5, 5.41) is 10.5. The van der Waals surface area contributed by atoms with E-state index in [4.69, 9.17) is 0 Å². The normalized spacial score (nSPS) is 11.7.